The van der Waals surface area contributed by atoms with Crippen molar-refractivity contribution in [2.24, 2.45) is 0 Å². The Morgan fingerprint density at radius 2 is 0.688 bits per heavy atom. The molecular weight excluding hydrogens is 217 g/mol. The molecule has 0 aromatic carbocycles. The van der Waals surface area contributed by atoms with E-state index in [1.54, 1.807) is 0 Å². The lowest BCUT2D eigenvalue weighted by molar-refractivity contribution is 0.352. The number of hydrogen-bond acceptors (Lipinski definition) is 3. The Morgan fingerprint density at radius 3 is 0.812 bits per heavy atom. The van der Waals surface area contributed by atoms with Crippen LogP contribution in [-0.2, 0) is 0 Å². The third-order valence-electron chi connectivity index (χ3n) is 3.14. The fraction of sp³-hybridized carbons (Fsp3) is 1.00. The monoisotopic (exact) mass is 248 g/mol. The lowest BCUT2D eigenvalue weighted by Crippen LogP contribution is -2.37. The van der Waals surface area contributed by atoms with Gasteiger partial charge < -0.3 is 0 Å². The topological polar surface area (TPSA) is 9.72 Å². The van der Waals surface area contributed by atoms with Crippen molar-refractivity contribution < 1.29 is 0 Å². The Labute approximate surface area is 104 Å². The van der Waals surface area contributed by atoms with Crippen LogP contribution in [0, 0.1) is 0 Å². The van der Waals surface area contributed by atoms with Crippen LogP contribution in [0.2, 0.25) is 0 Å². The third-order valence-corrected chi connectivity index (χ3v) is 6.73. The highest BCUT2D eigenvalue weighted by Crippen LogP contribution is 2.46. The first-order valence-electron chi connectivity index (χ1n) is 6.81. The van der Waals surface area contributed by atoms with Crippen LogP contribution in [0.1, 0.15) is 41.5 Å². The molecule has 4 heteroatoms. The molecule has 0 heterocycles. The van der Waals surface area contributed by atoms with E-state index in [1.807, 2.05) is 0 Å². The Kier molecular flexibility index (Phi) is 9.53. The largest absolute Gasteiger partial charge is 0.213 e. The van der Waals surface area contributed by atoms with Crippen LogP contribution in [0.4, 0.5) is 0 Å². The first-order valence-corrected chi connectivity index (χ1v) is 8.15. The van der Waals surface area contributed by atoms with Gasteiger partial charge in [0.2, 0.25) is 8.37 Å². The van der Waals surface area contributed by atoms with Gasteiger partial charge in [0.15, 0.2) is 0 Å². The summed E-state index contributed by atoms with van der Waals surface area (Å²) in [6, 6.07) is 0. The van der Waals surface area contributed by atoms with Crippen molar-refractivity contribution in [1.29, 1.82) is 0 Å². The average molecular weight is 248 g/mol. The van der Waals surface area contributed by atoms with Gasteiger partial charge in [-0.05, 0) is 41.5 Å². The highest BCUT2D eigenvalue weighted by Gasteiger charge is 2.34. The Morgan fingerprint density at radius 1 is 0.500 bits per heavy atom. The first kappa shape index (κ1) is 16.3. The van der Waals surface area contributed by atoms with Gasteiger partial charge in [-0.3, -0.25) is 0 Å². The SMILES string of the molecule is CCN(CC)[PH+](N(CC)CC)N(CC)CC. The Balaban J connectivity index is 4.84. The summed E-state index contributed by atoms with van der Waals surface area (Å²) in [5.74, 6) is 0. The number of rotatable bonds is 9. The van der Waals surface area contributed by atoms with E-state index in [2.05, 4.69) is 55.6 Å². The molecule has 0 bridgehead atoms. The van der Waals surface area contributed by atoms with Gasteiger partial charge in [0, 0.05) is 39.3 Å². The molecule has 0 saturated heterocycles. The minimum absolute atomic E-state index is 0.665. The van der Waals surface area contributed by atoms with Gasteiger partial charge in [-0.25, -0.2) is 0 Å². The summed E-state index contributed by atoms with van der Waals surface area (Å²) in [4.78, 5) is 0. The molecule has 0 aliphatic carbocycles. The second-order valence-corrected chi connectivity index (χ2v) is 6.31. The summed E-state index contributed by atoms with van der Waals surface area (Å²) in [6.07, 6.45) is 0. The highest BCUT2D eigenvalue weighted by molar-refractivity contribution is 7.50. The first-order chi connectivity index (χ1) is 7.69. The van der Waals surface area contributed by atoms with Crippen molar-refractivity contribution in [1.82, 2.24) is 14.0 Å². The number of hydrogen-bond donors (Lipinski definition) is 0. The second kappa shape index (κ2) is 9.35. The smallest absolute Gasteiger partial charge is 0.151 e. The predicted molar refractivity (Wildman–Crippen MR) is 77.1 cm³/mol. The second-order valence-electron chi connectivity index (χ2n) is 3.82. The summed E-state index contributed by atoms with van der Waals surface area (Å²) in [6.45, 7) is 20.7. The molecule has 0 amide bonds. The molecular formula is C12H31N3P+. The maximum Gasteiger partial charge on any atom is 0.213 e. The van der Waals surface area contributed by atoms with E-state index in [9.17, 15) is 0 Å². The van der Waals surface area contributed by atoms with Gasteiger partial charge in [0.05, 0.1) is 0 Å². The molecule has 0 unspecified atom stereocenters. The molecule has 0 aliphatic rings. The lowest BCUT2D eigenvalue weighted by atomic mass is 10.7. The van der Waals surface area contributed by atoms with E-state index in [0.29, 0.717) is 0 Å². The standard InChI is InChI=1S/C12H30N3P/c1-7-13(8-2)16(14(9-3)10-4)15(11-5)12-6/h7-12H2,1-6H3/p+1. The highest BCUT2D eigenvalue weighted by atomic mass is 31.2. The van der Waals surface area contributed by atoms with E-state index in [4.69, 9.17) is 0 Å². The molecule has 0 aliphatic heterocycles. The Hall–Kier alpha value is 0.310. The molecule has 0 fully saturated rings. The fourth-order valence-electron chi connectivity index (χ4n) is 2.12. The van der Waals surface area contributed by atoms with Crippen molar-refractivity contribution in [2.75, 3.05) is 39.3 Å². The van der Waals surface area contributed by atoms with Gasteiger partial charge in [-0.2, -0.15) is 14.0 Å². The van der Waals surface area contributed by atoms with Gasteiger partial charge in [0.25, 0.3) is 0 Å². The van der Waals surface area contributed by atoms with E-state index < -0.39 is 8.37 Å². The maximum absolute atomic E-state index is 2.64. The summed E-state index contributed by atoms with van der Waals surface area (Å²) in [7, 11) is -0.665. The molecule has 0 saturated carbocycles. The van der Waals surface area contributed by atoms with Crippen molar-refractivity contribution in [3.63, 3.8) is 0 Å². The quantitative estimate of drug-likeness (QED) is 0.581. The third kappa shape index (κ3) is 4.29. The molecule has 0 N–H and O–H groups in total. The van der Waals surface area contributed by atoms with Crippen molar-refractivity contribution in [3.8, 4) is 0 Å². The van der Waals surface area contributed by atoms with E-state index in [-0.39, 0.29) is 0 Å². The van der Waals surface area contributed by atoms with Crippen LogP contribution in [0.5, 0.6) is 0 Å². The zero-order valence-electron chi connectivity index (χ0n) is 12.1. The molecule has 0 aromatic rings. The van der Waals surface area contributed by atoms with Gasteiger partial charge in [0.1, 0.15) is 0 Å². The molecule has 16 heavy (non-hydrogen) atoms. The normalized spacial score (nSPS) is 12.4. The average Bonchev–Trinajstić information content (AvgIpc) is 2.33. The van der Waals surface area contributed by atoms with Gasteiger partial charge in [-0.1, -0.05) is 0 Å². The summed E-state index contributed by atoms with van der Waals surface area (Å²) < 4.78 is 7.93. The minimum Gasteiger partial charge on any atom is -0.151 e. The molecule has 0 rings (SSSR count). The van der Waals surface area contributed by atoms with Gasteiger partial charge in [-0.15, -0.1) is 0 Å². The van der Waals surface area contributed by atoms with E-state index >= 15 is 0 Å². The van der Waals surface area contributed by atoms with E-state index in [1.165, 1.54) is 0 Å². The maximum atomic E-state index is 2.64. The van der Waals surface area contributed by atoms with Crippen molar-refractivity contribution in [3.05, 3.63) is 0 Å². The molecule has 0 radical (unpaired) electrons. The van der Waals surface area contributed by atoms with Gasteiger partial charge >= 0.3 is 0 Å². The van der Waals surface area contributed by atoms with Crippen molar-refractivity contribution >= 4 is 8.37 Å². The predicted octanol–water partition coefficient (Wildman–Crippen LogP) is 2.97. The summed E-state index contributed by atoms with van der Waals surface area (Å²) >= 11 is 0. The number of nitrogens with zero attached hydrogens (tertiary/aromatic N) is 3. The Bertz CT molecular complexity index is 126. The molecule has 0 atom stereocenters. The fourth-order valence-corrected chi connectivity index (χ4v) is 5.02. The molecule has 3 nitrogen and oxygen atoms in total. The van der Waals surface area contributed by atoms with Crippen LogP contribution in [0.25, 0.3) is 0 Å². The van der Waals surface area contributed by atoms with Crippen molar-refractivity contribution in [2.45, 2.75) is 41.5 Å². The molecule has 98 valence electrons. The van der Waals surface area contributed by atoms with Crippen LogP contribution < -0.4 is 0 Å². The summed E-state index contributed by atoms with van der Waals surface area (Å²) in [5.41, 5.74) is 0. The van der Waals surface area contributed by atoms with Crippen LogP contribution in [0.15, 0.2) is 0 Å². The lowest BCUT2D eigenvalue weighted by Gasteiger charge is -2.35. The van der Waals surface area contributed by atoms with Crippen LogP contribution in [-0.4, -0.2) is 53.3 Å². The van der Waals surface area contributed by atoms with E-state index in [0.717, 1.165) is 39.3 Å². The molecule has 0 aromatic heterocycles. The summed E-state index contributed by atoms with van der Waals surface area (Å²) in [5, 5.41) is 0. The van der Waals surface area contributed by atoms with Crippen LogP contribution in [0.3, 0.4) is 0 Å². The zero-order valence-corrected chi connectivity index (χ0v) is 13.1. The zero-order chi connectivity index (χ0) is 12.6. The minimum atomic E-state index is -0.665. The van der Waals surface area contributed by atoms with Crippen LogP contribution >= 0.6 is 8.37 Å². The molecule has 0 spiro atoms.